The van der Waals surface area contributed by atoms with Crippen LogP contribution in [-0.2, 0) is 11.3 Å². The molecule has 0 bridgehead atoms. The molecule has 8 nitrogen and oxygen atoms in total. The summed E-state index contributed by atoms with van der Waals surface area (Å²) >= 11 is 5.86. The number of benzene rings is 1. The summed E-state index contributed by atoms with van der Waals surface area (Å²) < 4.78 is 18.5. The summed E-state index contributed by atoms with van der Waals surface area (Å²) in [7, 11) is 1.54. The molecule has 3 amide bonds. The van der Waals surface area contributed by atoms with E-state index in [0.29, 0.717) is 16.9 Å². The van der Waals surface area contributed by atoms with Crippen molar-refractivity contribution in [2.24, 2.45) is 0 Å². The highest BCUT2D eigenvalue weighted by atomic mass is 35.5. The molecule has 2 heterocycles. The summed E-state index contributed by atoms with van der Waals surface area (Å²) in [6.07, 6.45) is 2.52. The van der Waals surface area contributed by atoms with E-state index in [1.54, 1.807) is 37.6 Å². The number of urea groups is 1. The number of carbonyl (C=O) groups excluding carboxylic acids is 2. The van der Waals surface area contributed by atoms with Crippen LogP contribution in [0.3, 0.4) is 0 Å². The summed E-state index contributed by atoms with van der Waals surface area (Å²) in [6, 6.07) is 9.28. The first-order chi connectivity index (χ1) is 14.4. The number of carbonyl (C=O) groups is 2. The first kappa shape index (κ1) is 21.3. The zero-order valence-electron chi connectivity index (χ0n) is 16.1. The Morgan fingerprint density at radius 2 is 2.07 bits per heavy atom. The maximum absolute atomic E-state index is 13.4. The smallest absolute Gasteiger partial charge is 0.412 e. The highest BCUT2D eigenvalue weighted by Crippen LogP contribution is 2.19. The molecule has 0 spiro atoms. The van der Waals surface area contributed by atoms with Crippen molar-refractivity contribution in [2.45, 2.75) is 6.54 Å². The average molecular weight is 432 g/mol. The largest absolute Gasteiger partial charge is 0.447 e. The van der Waals surface area contributed by atoms with Crippen molar-refractivity contribution in [2.75, 3.05) is 25.5 Å². The Morgan fingerprint density at radius 1 is 1.23 bits per heavy atom. The Morgan fingerprint density at radius 3 is 2.90 bits per heavy atom. The van der Waals surface area contributed by atoms with Gasteiger partial charge in [0.1, 0.15) is 18.2 Å². The number of rotatable bonds is 6. The number of ether oxygens (including phenoxy) is 1. The number of nitrogens with one attached hydrogen (secondary N) is 2. The van der Waals surface area contributed by atoms with E-state index >= 15 is 0 Å². The fraction of sp³-hybridized carbons (Fsp3) is 0.200. The fourth-order valence-electron chi connectivity index (χ4n) is 2.55. The van der Waals surface area contributed by atoms with Crippen molar-refractivity contribution < 1.29 is 18.7 Å². The maximum Gasteiger partial charge on any atom is 0.412 e. The predicted octanol–water partition coefficient (Wildman–Crippen LogP) is 3.81. The SMILES string of the molecule is CN(CCOC(=O)Nc1cc2cccnc2cn1)C(=O)NCc1cccc(F)c1Cl. The van der Waals surface area contributed by atoms with Crippen LogP contribution in [0.4, 0.5) is 19.8 Å². The predicted molar refractivity (Wildman–Crippen MR) is 111 cm³/mol. The van der Waals surface area contributed by atoms with Crippen LogP contribution in [0.2, 0.25) is 5.02 Å². The van der Waals surface area contributed by atoms with Gasteiger partial charge in [0.15, 0.2) is 0 Å². The summed E-state index contributed by atoms with van der Waals surface area (Å²) in [5, 5.41) is 5.95. The number of likely N-dealkylation sites (N-methyl/N-ethyl adjacent to an activating group) is 1. The number of anilines is 1. The van der Waals surface area contributed by atoms with Crippen molar-refractivity contribution in [3.63, 3.8) is 0 Å². The van der Waals surface area contributed by atoms with Crippen LogP contribution in [0.5, 0.6) is 0 Å². The molecule has 0 atom stereocenters. The van der Waals surface area contributed by atoms with Gasteiger partial charge in [0.2, 0.25) is 0 Å². The quantitative estimate of drug-likeness (QED) is 0.618. The average Bonchev–Trinajstić information content (AvgIpc) is 2.74. The fourth-order valence-corrected chi connectivity index (χ4v) is 2.74. The lowest BCUT2D eigenvalue weighted by Crippen LogP contribution is -2.39. The molecule has 10 heteroatoms. The first-order valence-corrected chi connectivity index (χ1v) is 9.38. The van der Waals surface area contributed by atoms with Gasteiger partial charge < -0.3 is 15.0 Å². The zero-order chi connectivity index (χ0) is 21.5. The minimum atomic E-state index is -0.689. The Balaban J connectivity index is 1.41. The molecule has 0 saturated carbocycles. The lowest BCUT2D eigenvalue weighted by Gasteiger charge is -2.18. The van der Waals surface area contributed by atoms with Gasteiger partial charge in [-0.25, -0.2) is 19.0 Å². The molecule has 2 aromatic heterocycles. The van der Waals surface area contributed by atoms with E-state index in [4.69, 9.17) is 16.3 Å². The number of halogens is 2. The van der Waals surface area contributed by atoms with Gasteiger partial charge in [0.05, 0.1) is 23.3 Å². The van der Waals surface area contributed by atoms with Crippen LogP contribution < -0.4 is 10.6 Å². The highest BCUT2D eigenvalue weighted by Gasteiger charge is 2.12. The molecule has 0 aliphatic heterocycles. The number of nitrogens with zero attached hydrogens (tertiary/aromatic N) is 3. The van der Waals surface area contributed by atoms with E-state index in [-0.39, 0.29) is 24.7 Å². The lowest BCUT2D eigenvalue weighted by molar-refractivity contribution is 0.146. The monoisotopic (exact) mass is 431 g/mol. The Bertz CT molecular complexity index is 1070. The molecule has 30 heavy (non-hydrogen) atoms. The minimum absolute atomic E-state index is 0.0222. The van der Waals surface area contributed by atoms with Crippen LogP contribution in [0.15, 0.2) is 48.8 Å². The van der Waals surface area contributed by atoms with Crippen LogP contribution in [0.1, 0.15) is 5.56 Å². The molecule has 0 unspecified atom stereocenters. The number of hydrogen-bond donors (Lipinski definition) is 2. The molecule has 0 saturated heterocycles. The van der Waals surface area contributed by atoms with Gasteiger partial charge in [-0.2, -0.15) is 0 Å². The summed E-state index contributed by atoms with van der Waals surface area (Å²) in [6.45, 7) is 0.209. The summed E-state index contributed by atoms with van der Waals surface area (Å²) in [4.78, 5) is 33.6. The van der Waals surface area contributed by atoms with E-state index < -0.39 is 17.9 Å². The molecule has 0 radical (unpaired) electrons. The van der Waals surface area contributed by atoms with Crippen LogP contribution in [0.25, 0.3) is 10.9 Å². The van der Waals surface area contributed by atoms with Crippen molar-refractivity contribution in [3.05, 3.63) is 65.2 Å². The van der Waals surface area contributed by atoms with E-state index in [1.807, 2.05) is 6.07 Å². The van der Waals surface area contributed by atoms with Crippen molar-refractivity contribution >= 4 is 40.4 Å². The molecule has 156 valence electrons. The number of aromatic nitrogens is 2. The van der Waals surface area contributed by atoms with Gasteiger partial charge in [0, 0.05) is 25.2 Å². The van der Waals surface area contributed by atoms with Crippen molar-refractivity contribution in [1.82, 2.24) is 20.2 Å². The summed E-state index contributed by atoms with van der Waals surface area (Å²) in [5.74, 6) is -0.216. The van der Waals surface area contributed by atoms with Gasteiger partial charge in [-0.05, 0) is 23.8 Å². The second kappa shape index (κ2) is 9.84. The molecule has 2 N–H and O–H groups in total. The van der Waals surface area contributed by atoms with Gasteiger partial charge in [0.25, 0.3) is 0 Å². The Hall–Kier alpha value is -3.46. The third-order valence-corrected chi connectivity index (χ3v) is 4.61. The van der Waals surface area contributed by atoms with E-state index in [9.17, 15) is 14.0 Å². The zero-order valence-corrected chi connectivity index (χ0v) is 16.8. The first-order valence-electron chi connectivity index (χ1n) is 9.00. The second-order valence-electron chi connectivity index (χ2n) is 6.32. The van der Waals surface area contributed by atoms with Gasteiger partial charge >= 0.3 is 12.1 Å². The number of hydrogen-bond acceptors (Lipinski definition) is 5. The molecular weight excluding hydrogens is 413 g/mol. The molecule has 3 aromatic rings. The molecule has 3 rings (SSSR count). The standard InChI is InChI=1S/C20H19ClFN5O3/c1-27(19(28)25-11-14-4-2-6-15(22)18(14)21)8-9-30-20(29)26-17-10-13-5-3-7-23-16(13)12-24-17/h2-7,10,12H,8-9,11H2,1H3,(H,25,28)(H,24,26,29). The molecule has 0 aliphatic rings. The van der Waals surface area contributed by atoms with Crippen molar-refractivity contribution in [1.29, 1.82) is 0 Å². The third kappa shape index (κ3) is 5.54. The molecule has 0 fully saturated rings. The van der Waals surface area contributed by atoms with E-state index in [0.717, 1.165) is 5.39 Å². The topological polar surface area (TPSA) is 96.4 Å². The number of amides is 3. The maximum atomic E-state index is 13.4. The van der Waals surface area contributed by atoms with Gasteiger partial charge in [-0.3, -0.25) is 10.3 Å². The summed E-state index contributed by atoms with van der Waals surface area (Å²) in [5.41, 5.74) is 1.18. The van der Waals surface area contributed by atoms with E-state index in [2.05, 4.69) is 20.6 Å². The van der Waals surface area contributed by atoms with Crippen LogP contribution >= 0.6 is 11.6 Å². The lowest BCUT2D eigenvalue weighted by atomic mass is 10.2. The van der Waals surface area contributed by atoms with E-state index in [1.165, 1.54) is 17.0 Å². The minimum Gasteiger partial charge on any atom is -0.447 e. The number of fused-ring (bicyclic) bond motifs is 1. The number of pyridine rings is 2. The van der Waals surface area contributed by atoms with Crippen molar-refractivity contribution in [3.8, 4) is 0 Å². The van der Waals surface area contributed by atoms with Gasteiger partial charge in [-0.15, -0.1) is 0 Å². The van der Waals surface area contributed by atoms with Gasteiger partial charge in [-0.1, -0.05) is 29.8 Å². The Kier molecular flexibility index (Phi) is 6.97. The normalized spacial score (nSPS) is 10.5. The molecule has 1 aromatic carbocycles. The molecule has 0 aliphatic carbocycles. The third-order valence-electron chi connectivity index (χ3n) is 4.19. The van der Waals surface area contributed by atoms with Crippen LogP contribution in [0, 0.1) is 5.82 Å². The Labute approximate surface area is 177 Å². The second-order valence-corrected chi connectivity index (χ2v) is 6.70. The highest BCUT2D eigenvalue weighted by molar-refractivity contribution is 6.31. The van der Waals surface area contributed by atoms with Crippen LogP contribution in [-0.4, -0.2) is 47.2 Å². The molecular formula is C20H19ClFN5O3.